The number of ketones is 1. The van der Waals surface area contributed by atoms with Crippen LogP contribution in [0.4, 0.5) is 13.2 Å². The Hall–Kier alpha value is -1.85. The van der Waals surface area contributed by atoms with E-state index in [4.69, 9.17) is 4.74 Å². The summed E-state index contributed by atoms with van der Waals surface area (Å²) in [5.74, 6) is -1.13. The number of Topliss-reactive ketones (excluding diaryl/α,β-unsaturated/α-hetero) is 1. The molecular weight excluding hydrogens is 345 g/mol. The van der Waals surface area contributed by atoms with Crippen molar-refractivity contribution >= 4 is 11.8 Å². The molecule has 1 aromatic carbocycles. The van der Waals surface area contributed by atoms with Crippen LogP contribution >= 0.6 is 0 Å². The molecule has 0 N–H and O–H groups in total. The SMILES string of the molecule is CCCCCCCCCCC(=O)COC(=O)c1cccc(C(F)(F)F)c1. The molecule has 0 spiro atoms. The van der Waals surface area contributed by atoms with Crippen LogP contribution in [0.15, 0.2) is 24.3 Å². The largest absolute Gasteiger partial charge is 0.454 e. The van der Waals surface area contributed by atoms with Gasteiger partial charge in [-0.2, -0.15) is 13.2 Å². The second-order valence-electron chi connectivity index (χ2n) is 6.42. The summed E-state index contributed by atoms with van der Waals surface area (Å²) in [6.45, 7) is 1.77. The summed E-state index contributed by atoms with van der Waals surface area (Å²) in [5.41, 5.74) is -1.13. The number of alkyl halides is 3. The number of ether oxygens (including phenoxy) is 1. The van der Waals surface area contributed by atoms with Crippen LogP contribution in [0.3, 0.4) is 0 Å². The fourth-order valence-corrected chi connectivity index (χ4v) is 2.58. The van der Waals surface area contributed by atoms with Crippen LogP contribution in [0.2, 0.25) is 0 Å². The molecule has 1 aromatic rings. The number of carbonyl (C=O) groups excluding carboxylic acids is 2. The molecule has 0 fully saturated rings. The Morgan fingerprint density at radius 1 is 0.962 bits per heavy atom. The first kappa shape index (κ1) is 22.2. The molecule has 0 bridgehead atoms. The maximum atomic E-state index is 12.6. The van der Waals surface area contributed by atoms with E-state index in [-0.39, 0.29) is 11.3 Å². The predicted molar refractivity (Wildman–Crippen MR) is 94.0 cm³/mol. The van der Waals surface area contributed by atoms with E-state index in [0.717, 1.165) is 37.5 Å². The minimum Gasteiger partial charge on any atom is -0.454 e. The molecule has 0 saturated heterocycles. The summed E-state index contributed by atoms with van der Waals surface area (Å²) in [6, 6.07) is 3.98. The van der Waals surface area contributed by atoms with Gasteiger partial charge in [0.15, 0.2) is 5.78 Å². The number of carbonyl (C=O) groups is 2. The summed E-state index contributed by atoms with van der Waals surface area (Å²) >= 11 is 0. The van der Waals surface area contributed by atoms with Crippen LogP contribution in [0.25, 0.3) is 0 Å². The monoisotopic (exact) mass is 372 g/mol. The van der Waals surface area contributed by atoms with E-state index in [9.17, 15) is 22.8 Å². The molecule has 0 heterocycles. The van der Waals surface area contributed by atoms with Crippen LogP contribution in [0.5, 0.6) is 0 Å². The van der Waals surface area contributed by atoms with Gasteiger partial charge in [-0.15, -0.1) is 0 Å². The van der Waals surface area contributed by atoms with Crippen molar-refractivity contribution in [2.24, 2.45) is 0 Å². The fourth-order valence-electron chi connectivity index (χ4n) is 2.58. The highest BCUT2D eigenvalue weighted by Crippen LogP contribution is 2.29. The molecule has 0 aromatic heterocycles. The van der Waals surface area contributed by atoms with Gasteiger partial charge in [0.1, 0.15) is 6.61 Å². The third-order valence-electron chi connectivity index (χ3n) is 4.10. The highest BCUT2D eigenvalue weighted by Gasteiger charge is 2.31. The molecule has 3 nitrogen and oxygen atoms in total. The predicted octanol–water partition coefficient (Wildman–Crippen LogP) is 5.96. The van der Waals surface area contributed by atoms with Gasteiger partial charge >= 0.3 is 12.1 Å². The lowest BCUT2D eigenvalue weighted by molar-refractivity contribution is -0.137. The summed E-state index contributed by atoms with van der Waals surface area (Å²) in [6.07, 6.45) is 4.70. The lowest BCUT2D eigenvalue weighted by Crippen LogP contribution is -2.15. The Morgan fingerprint density at radius 3 is 2.19 bits per heavy atom. The first-order valence-electron chi connectivity index (χ1n) is 9.20. The second kappa shape index (κ2) is 11.7. The third-order valence-corrected chi connectivity index (χ3v) is 4.10. The zero-order valence-corrected chi connectivity index (χ0v) is 15.2. The minimum atomic E-state index is -4.53. The molecule has 0 aliphatic carbocycles. The Labute approximate surface area is 152 Å². The standard InChI is InChI=1S/C20H27F3O3/c1-2-3-4-5-6-7-8-9-13-18(24)15-26-19(25)16-11-10-12-17(14-16)20(21,22)23/h10-12,14H,2-9,13,15H2,1H3. The van der Waals surface area contributed by atoms with Gasteiger partial charge in [0.05, 0.1) is 11.1 Å². The molecule has 0 unspecified atom stereocenters. The molecule has 0 aliphatic heterocycles. The highest BCUT2D eigenvalue weighted by atomic mass is 19.4. The van der Waals surface area contributed by atoms with Crippen molar-refractivity contribution in [2.45, 2.75) is 70.9 Å². The van der Waals surface area contributed by atoms with Gasteiger partial charge in [-0.3, -0.25) is 4.79 Å². The van der Waals surface area contributed by atoms with E-state index in [2.05, 4.69) is 6.92 Å². The lowest BCUT2D eigenvalue weighted by Gasteiger charge is -2.08. The molecule has 1 rings (SSSR count). The van der Waals surface area contributed by atoms with Crippen molar-refractivity contribution in [3.8, 4) is 0 Å². The van der Waals surface area contributed by atoms with E-state index >= 15 is 0 Å². The average molecular weight is 372 g/mol. The van der Waals surface area contributed by atoms with Crippen molar-refractivity contribution < 1.29 is 27.5 Å². The normalized spacial score (nSPS) is 11.4. The second-order valence-corrected chi connectivity index (χ2v) is 6.42. The smallest absolute Gasteiger partial charge is 0.416 e. The molecule has 0 amide bonds. The Kier molecular flexibility index (Phi) is 9.99. The zero-order valence-electron chi connectivity index (χ0n) is 15.2. The zero-order chi connectivity index (χ0) is 19.4. The van der Waals surface area contributed by atoms with Gasteiger partial charge in [0, 0.05) is 6.42 Å². The number of unbranched alkanes of at least 4 members (excludes halogenated alkanes) is 7. The maximum Gasteiger partial charge on any atom is 0.416 e. The van der Waals surface area contributed by atoms with E-state index in [0.29, 0.717) is 6.42 Å². The van der Waals surface area contributed by atoms with Crippen molar-refractivity contribution in [3.05, 3.63) is 35.4 Å². The Balaban J connectivity index is 2.23. The molecule has 0 atom stereocenters. The van der Waals surface area contributed by atoms with Gasteiger partial charge in [-0.05, 0) is 24.6 Å². The molecule has 26 heavy (non-hydrogen) atoms. The van der Waals surface area contributed by atoms with Crippen molar-refractivity contribution in [1.82, 2.24) is 0 Å². The molecule has 0 radical (unpaired) electrons. The van der Waals surface area contributed by atoms with Gasteiger partial charge < -0.3 is 4.74 Å². The van der Waals surface area contributed by atoms with Crippen molar-refractivity contribution in [1.29, 1.82) is 0 Å². The first-order valence-corrected chi connectivity index (χ1v) is 9.20. The quantitative estimate of drug-likeness (QED) is 0.336. The summed E-state index contributed by atoms with van der Waals surface area (Å²) in [4.78, 5) is 23.5. The first-order chi connectivity index (χ1) is 12.3. The van der Waals surface area contributed by atoms with Gasteiger partial charge in [-0.25, -0.2) is 4.79 Å². The van der Waals surface area contributed by atoms with Crippen LogP contribution in [0.1, 0.15) is 80.6 Å². The Morgan fingerprint density at radius 2 is 1.58 bits per heavy atom. The van der Waals surface area contributed by atoms with Gasteiger partial charge in [0.2, 0.25) is 0 Å². The maximum absolute atomic E-state index is 12.6. The highest BCUT2D eigenvalue weighted by molar-refractivity contribution is 5.91. The number of halogens is 3. The number of esters is 1. The molecule has 0 aliphatic rings. The van der Waals surface area contributed by atoms with Gasteiger partial charge in [-0.1, -0.05) is 57.9 Å². The van der Waals surface area contributed by atoms with E-state index in [1.807, 2.05) is 0 Å². The average Bonchev–Trinajstić information content (AvgIpc) is 2.61. The fraction of sp³-hybridized carbons (Fsp3) is 0.600. The minimum absolute atomic E-state index is 0.209. The summed E-state index contributed by atoms with van der Waals surface area (Å²) in [5, 5.41) is 0. The van der Waals surface area contributed by atoms with Crippen LogP contribution in [-0.4, -0.2) is 18.4 Å². The molecular formula is C20H27F3O3. The molecule has 6 heteroatoms. The lowest BCUT2D eigenvalue weighted by atomic mass is 10.1. The summed E-state index contributed by atoms with van der Waals surface area (Å²) in [7, 11) is 0. The van der Waals surface area contributed by atoms with Crippen LogP contribution < -0.4 is 0 Å². The van der Waals surface area contributed by atoms with Crippen LogP contribution in [-0.2, 0) is 15.7 Å². The van der Waals surface area contributed by atoms with Crippen molar-refractivity contribution in [3.63, 3.8) is 0 Å². The van der Waals surface area contributed by atoms with Crippen molar-refractivity contribution in [2.75, 3.05) is 6.61 Å². The molecule has 0 saturated carbocycles. The number of hydrogen-bond donors (Lipinski definition) is 0. The van der Waals surface area contributed by atoms with E-state index in [1.165, 1.54) is 38.2 Å². The number of hydrogen-bond acceptors (Lipinski definition) is 3. The molecule has 146 valence electrons. The number of rotatable bonds is 12. The third kappa shape index (κ3) is 9.02. The Bertz CT molecular complexity index is 568. The van der Waals surface area contributed by atoms with Crippen LogP contribution in [0, 0.1) is 0 Å². The van der Waals surface area contributed by atoms with E-state index < -0.39 is 24.3 Å². The van der Waals surface area contributed by atoms with Gasteiger partial charge in [0.25, 0.3) is 0 Å². The van der Waals surface area contributed by atoms with E-state index in [1.54, 1.807) is 0 Å². The summed E-state index contributed by atoms with van der Waals surface area (Å²) < 4.78 is 42.7. The topological polar surface area (TPSA) is 43.4 Å². The number of benzene rings is 1.